The van der Waals surface area contributed by atoms with Gasteiger partial charge in [0.05, 0.1) is 19.8 Å². The van der Waals surface area contributed by atoms with E-state index in [1.165, 1.54) is 0 Å². The summed E-state index contributed by atoms with van der Waals surface area (Å²) in [6.45, 7) is 4.85. The molecule has 2 saturated heterocycles. The van der Waals surface area contributed by atoms with Crippen LogP contribution in [-0.2, 0) is 32.2 Å². The number of benzene rings is 2. The van der Waals surface area contributed by atoms with Crippen LogP contribution in [0.4, 0.5) is 0 Å². The number of aliphatic hydroxyl groups is 1. The lowest BCUT2D eigenvalue weighted by Gasteiger charge is -2.39. The van der Waals surface area contributed by atoms with Crippen LogP contribution in [0.3, 0.4) is 0 Å². The average molecular weight is 382 g/mol. The fourth-order valence-electron chi connectivity index (χ4n) is 3.95. The van der Waals surface area contributed by atoms with Crippen molar-refractivity contribution in [3.05, 3.63) is 84.4 Å². The summed E-state index contributed by atoms with van der Waals surface area (Å²) in [5.41, 5.74) is 1.19. The van der Waals surface area contributed by atoms with Crippen molar-refractivity contribution in [1.82, 2.24) is 0 Å². The lowest BCUT2D eigenvalue weighted by atomic mass is 9.86. The molecule has 2 aliphatic heterocycles. The molecule has 0 unspecified atom stereocenters. The Kier molecular flexibility index (Phi) is 5.90. The van der Waals surface area contributed by atoms with Gasteiger partial charge in [-0.1, -0.05) is 66.7 Å². The van der Waals surface area contributed by atoms with E-state index in [2.05, 4.69) is 6.58 Å². The highest BCUT2D eigenvalue weighted by Crippen LogP contribution is 2.44. The molecule has 1 N–H and O–H groups in total. The predicted octanol–water partition coefficient (Wildman–Crippen LogP) is 3.22. The zero-order valence-corrected chi connectivity index (χ0v) is 15.8. The molecular formula is C23H26O5. The first-order valence-corrected chi connectivity index (χ1v) is 9.62. The van der Waals surface area contributed by atoms with E-state index in [0.717, 1.165) is 11.1 Å². The van der Waals surface area contributed by atoms with Gasteiger partial charge >= 0.3 is 0 Å². The van der Waals surface area contributed by atoms with Gasteiger partial charge in [-0.25, -0.2) is 0 Å². The number of fused-ring (bicyclic) bond motifs is 2. The first kappa shape index (κ1) is 19.3. The van der Waals surface area contributed by atoms with E-state index in [1.807, 2.05) is 60.7 Å². The fraction of sp³-hybridized carbons (Fsp3) is 0.391. The summed E-state index contributed by atoms with van der Waals surface area (Å²) < 4.78 is 24.4. The van der Waals surface area contributed by atoms with Crippen LogP contribution in [0.15, 0.2) is 73.3 Å². The summed E-state index contributed by atoms with van der Waals surface area (Å²) in [6.07, 6.45) is -0.0958. The first-order valence-electron chi connectivity index (χ1n) is 9.62. The van der Waals surface area contributed by atoms with Crippen molar-refractivity contribution < 1.29 is 24.1 Å². The SMILES string of the molecule is C=CC[C@]12O[C@H](OC[C@H]1O)[C@H](OCc1ccccc1)[C@H]2OCc1ccccc1. The van der Waals surface area contributed by atoms with Gasteiger partial charge in [-0.15, -0.1) is 6.58 Å². The van der Waals surface area contributed by atoms with Crippen LogP contribution in [-0.4, -0.2) is 41.9 Å². The number of rotatable bonds is 8. The third-order valence-corrected chi connectivity index (χ3v) is 5.39. The molecule has 2 bridgehead atoms. The minimum absolute atomic E-state index is 0.189. The van der Waals surface area contributed by atoms with Gasteiger partial charge < -0.3 is 24.1 Å². The standard InChI is InChI=1S/C23H26O5/c1-2-13-23-19(24)16-27-22(28-23)20(25-14-17-9-5-3-6-10-17)21(23)26-15-18-11-7-4-8-12-18/h2-12,19-22,24H,1,13-16H2/t19-,20-,21-,22+,23+/m1/s1. The quantitative estimate of drug-likeness (QED) is 0.711. The van der Waals surface area contributed by atoms with E-state index in [9.17, 15) is 5.11 Å². The molecule has 0 spiro atoms. The van der Waals surface area contributed by atoms with E-state index in [1.54, 1.807) is 6.08 Å². The molecule has 5 atom stereocenters. The molecule has 2 aliphatic rings. The maximum absolute atomic E-state index is 10.7. The molecule has 2 aromatic rings. The molecule has 2 heterocycles. The van der Waals surface area contributed by atoms with Crippen LogP contribution in [0.2, 0.25) is 0 Å². The molecule has 148 valence electrons. The van der Waals surface area contributed by atoms with Gasteiger partial charge in [-0.3, -0.25) is 0 Å². The molecule has 4 rings (SSSR count). The summed E-state index contributed by atoms with van der Waals surface area (Å²) >= 11 is 0. The van der Waals surface area contributed by atoms with Gasteiger partial charge in [0.25, 0.3) is 0 Å². The Morgan fingerprint density at radius 2 is 1.61 bits per heavy atom. The Hall–Kier alpha value is -2.02. The maximum Gasteiger partial charge on any atom is 0.187 e. The van der Waals surface area contributed by atoms with E-state index >= 15 is 0 Å². The van der Waals surface area contributed by atoms with Crippen LogP contribution in [0.25, 0.3) is 0 Å². The lowest BCUT2D eigenvalue weighted by Crippen LogP contribution is -2.55. The van der Waals surface area contributed by atoms with Gasteiger partial charge in [-0.05, 0) is 17.5 Å². The van der Waals surface area contributed by atoms with Gasteiger partial charge in [0.15, 0.2) is 6.29 Å². The Morgan fingerprint density at radius 3 is 2.21 bits per heavy atom. The minimum Gasteiger partial charge on any atom is -0.388 e. The van der Waals surface area contributed by atoms with Gasteiger partial charge in [0, 0.05) is 0 Å². The van der Waals surface area contributed by atoms with Crippen molar-refractivity contribution in [1.29, 1.82) is 0 Å². The second-order valence-corrected chi connectivity index (χ2v) is 7.26. The van der Waals surface area contributed by atoms with Crippen molar-refractivity contribution in [3.8, 4) is 0 Å². The number of hydrogen-bond donors (Lipinski definition) is 1. The predicted molar refractivity (Wildman–Crippen MR) is 104 cm³/mol. The topological polar surface area (TPSA) is 57.2 Å². The fourth-order valence-corrected chi connectivity index (χ4v) is 3.95. The Morgan fingerprint density at radius 1 is 1.00 bits per heavy atom. The lowest BCUT2D eigenvalue weighted by molar-refractivity contribution is -0.277. The van der Waals surface area contributed by atoms with Crippen molar-refractivity contribution in [2.24, 2.45) is 0 Å². The molecule has 2 aromatic carbocycles. The van der Waals surface area contributed by atoms with Crippen molar-refractivity contribution >= 4 is 0 Å². The Balaban J connectivity index is 1.55. The Bertz CT molecular complexity index is 765. The molecule has 0 amide bonds. The van der Waals surface area contributed by atoms with Crippen molar-refractivity contribution in [2.45, 2.75) is 49.8 Å². The largest absolute Gasteiger partial charge is 0.388 e. The molecule has 0 radical (unpaired) electrons. The molecule has 0 aromatic heterocycles. The molecule has 5 heteroatoms. The van der Waals surface area contributed by atoms with E-state index < -0.39 is 30.2 Å². The number of hydrogen-bond acceptors (Lipinski definition) is 5. The molecule has 0 saturated carbocycles. The summed E-state index contributed by atoms with van der Waals surface area (Å²) in [6, 6.07) is 19.9. The third-order valence-electron chi connectivity index (χ3n) is 5.39. The van der Waals surface area contributed by atoms with Crippen LogP contribution in [0.1, 0.15) is 17.5 Å². The highest BCUT2D eigenvalue weighted by Gasteiger charge is 2.63. The molecule has 2 fully saturated rings. The summed E-state index contributed by atoms with van der Waals surface area (Å²) in [5.74, 6) is 0. The first-order chi connectivity index (χ1) is 13.7. The maximum atomic E-state index is 10.7. The van der Waals surface area contributed by atoms with Crippen molar-refractivity contribution in [2.75, 3.05) is 6.61 Å². The van der Waals surface area contributed by atoms with Crippen LogP contribution in [0, 0.1) is 0 Å². The second-order valence-electron chi connectivity index (χ2n) is 7.26. The second kappa shape index (κ2) is 8.55. The van der Waals surface area contributed by atoms with Gasteiger partial charge in [0.2, 0.25) is 0 Å². The molecule has 5 nitrogen and oxygen atoms in total. The van der Waals surface area contributed by atoms with E-state index in [4.69, 9.17) is 18.9 Å². The monoisotopic (exact) mass is 382 g/mol. The van der Waals surface area contributed by atoms with E-state index in [-0.39, 0.29) is 6.61 Å². The molecule has 28 heavy (non-hydrogen) atoms. The summed E-state index contributed by atoms with van der Waals surface area (Å²) in [5, 5.41) is 10.7. The molecule has 0 aliphatic carbocycles. The highest BCUT2D eigenvalue weighted by molar-refractivity contribution is 5.16. The van der Waals surface area contributed by atoms with Crippen LogP contribution in [0.5, 0.6) is 0 Å². The summed E-state index contributed by atoms with van der Waals surface area (Å²) in [7, 11) is 0. The van der Waals surface area contributed by atoms with Crippen LogP contribution < -0.4 is 0 Å². The molecular weight excluding hydrogens is 356 g/mol. The van der Waals surface area contributed by atoms with E-state index in [0.29, 0.717) is 19.6 Å². The Labute approximate surface area is 165 Å². The van der Waals surface area contributed by atoms with Gasteiger partial charge in [-0.2, -0.15) is 0 Å². The smallest absolute Gasteiger partial charge is 0.187 e. The average Bonchev–Trinajstić information content (AvgIpc) is 2.98. The third kappa shape index (κ3) is 3.77. The zero-order valence-electron chi connectivity index (χ0n) is 15.8. The minimum atomic E-state index is -0.916. The normalized spacial score (nSPS) is 31.6. The highest BCUT2D eigenvalue weighted by atomic mass is 16.8. The van der Waals surface area contributed by atoms with Gasteiger partial charge in [0.1, 0.15) is 23.9 Å². The van der Waals surface area contributed by atoms with Crippen molar-refractivity contribution in [3.63, 3.8) is 0 Å². The van der Waals surface area contributed by atoms with Crippen LogP contribution >= 0.6 is 0 Å². The summed E-state index contributed by atoms with van der Waals surface area (Å²) in [4.78, 5) is 0. The zero-order chi connectivity index (χ0) is 19.4. The number of ether oxygens (including phenoxy) is 4. The number of aliphatic hydroxyl groups excluding tert-OH is 1.